The zero-order valence-electron chi connectivity index (χ0n) is 16.5. The maximum atomic E-state index is 4.55. The number of rotatable bonds is 0. The van der Waals surface area contributed by atoms with Gasteiger partial charge in [0.1, 0.15) is 0 Å². The molecule has 4 aromatic rings. The van der Waals surface area contributed by atoms with Gasteiger partial charge < -0.3 is 0 Å². The Morgan fingerprint density at radius 2 is 0.533 bits per heavy atom. The van der Waals surface area contributed by atoms with Gasteiger partial charge in [-0.2, -0.15) is 0 Å². The minimum atomic E-state index is 1.10. The van der Waals surface area contributed by atoms with Crippen LogP contribution in [-0.4, -0.2) is 0 Å². The predicted octanol–water partition coefficient (Wildman–Crippen LogP) is 7.81. The smallest absolute Gasteiger partial charge is 0.000762 e. The molecule has 7 rings (SSSR count). The minimum absolute atomic E-state index is 1.10. The van der Waals surface area contributed by atoms with Crippen molar-refractivity contribution in [3.63, 3.8) is 0 Å². The summed E-state index contributed by atoms with van der Waals surface area (Å²) in [6.07, 6.45) is 0. The minimum Gasteiger partial charge on any atom is -0.0905 e. The molecular weight excluding hydrogens is 360 g/mol. The van der Waals surface area contributed by atoms with Crippen LogP contribution in [0.1, 0.15) is 33.4 Å². The molecule has 0 aliphatic heterocycles. The second-order valence-electron chi connectivity index (χ2n) is 8.32. The summed E-state index contributed by atoms with van der Waals surface area (Å²) in [5.74, 6) is 0. The summed E-state index contributed by atoms with van der Waals surface area (Å²) in [6.45, 7) is 13.7. The molecule has 0 fully saturated rings. The molecule has 0 unspecified atom stereocenters. The summed E-state index contributed by atoms with van der Waals surface area (Å²) in [5, 5.41) is 0. The Hall–Kier alpha value is -3.90. The number of hydrogen-bond acceptors (Lipinski definition) is 0. The summed E-state index contributed by atoms with van der Waals surface area (Å²) < 4.78 is 0. The van der Waals surface area contributed by atoms with E-state index in [-0.39, 0.29) is 0 Å². The lowest BCUT2D eigenvalue weighted by Crippen LogP contribution is -1.95. The van der Waals surface area contributed by atoms with Gasteiger partial charge in [0.15, 0.2) is 0 Å². The first-order valence-electron chi connectivity index (χ1n) is 10.3. The molecule has 0 bridgehead atoms. The van der Waals surface area contributed by atoms with E-state index in [0.29, 0.717) is 0 Å². The van der Waals surface area contributed by atoms with Crippen molar-refractivity contribution in [3.8, 4) is 33.4 Å². The van der Waals surface area contributed by atoms with E-state index in [1.54, 1.807) is 0 Å². The summed E-state index contributed by atoms with van der Waals surface area (Å²) in [4.78, 5) is 0. The van der Waals surface area contributed by atoms with E-state index in [1.165, 1.54) is 66.8 Å². The molecule has 0 aromatic heterocycles. The number of benzene rings is 4. The molecule has 138 valence electrons. The first-order chi connectivity index (χ1) is 14.7. The highest BCUT2D eigenvalue weighted by molar-refractivity contribution is 6.22. The van der Waals surface area contributed by atoms with Crippen LogP contribution in [0.2, 0.25) is 0 Å². The third-order valence-electron chi connectivity index (χ3n) is 6.97. The van der Waals surface area contributed by atoms with Crippen molar-refractivity contribution in [2.75, 3.05) is 0 Å². The molecule has 0 heteroatoms. The van der Waals surface area contributed by atoms with Crippen LogP contribution >= 0.6 is 0 Å². The molecule has 0 saturated heterocycles. The quantitative estimate of drug-likeness (QED) is 0.252. The van der Waals surface area contributed by atoms with Gasteiger partial charge in [0.25, 0.3) is 0 Å². The van der Waals surface area contributed by atoms with Gasteiger partial charge in [-0.25, -0.2) is 0 Å². The van der Waals surface area contributed by atoms with Gasteiger partial charge in [-0.05, 0) is 83.5 Å². The lowest BCUT2D eigenvalue weighted by Gasteiger charge is -2.17. The Bertz CT molecular complexity index is 1320. The third kappa shape index (κ3) is 1.62. The van der Waals surface area contributed by atoms with E-state index in [2.05, 4.69) is 92.5 Å². The van der Waals surface area contributed by atoms with Gasteiger partial charge in [0, 0.05) is 0 Å². The van der Waals surface area contributed by atoms with Gasteiger partial charge >= 0.3 is 0 Å². The molecule has 0 heterocycles. The Labute approximate surface area is 176 Å². The molecule has 0 saturated carbocycles. The fraction of sp³-hybridized carbons (Fsp3) is 0. The van der Waals surface area contributed by atoms with Crippen LogP contribution in [0.25, 0.3) is 50.1 Å². The first kappa shape index (κ1) is 16.0. The summed E-state index contributed by atoms with van der Waals surface area (Å²) in [7, 11) is 0. The molecule has 3 aliphatic rings. The maximum absolute atomic E-state index is 4.55. The number of fused-ring (bicyclic) bond motifs is 12. The molecule has 0 nitrogen and oxygen atoms in total. The van der Waals surface area contributed by atoms with Crippen LogP contribution in [0.3, 0.4) is 0 Å². The van der Waals surface area contributed by atoms with Crippen molar-refractivity contribution in [1.29, 1.82) is 0 Å². The van der Waals surface area contributed by atoms with Crippen molar-refractivity contribution in [3.05, 3.63) is 126 Å². The summed E-state index contributed by atoms with van der Waals surface area (Å²) in [5.41, 5.74) is 18.4. The van der Waals surface area contributed by atoms with Crippen LogP contribution in [0.15, 0.2) is 92.5 Å². The van der Waals surface area contributed by atoms with E-state index in [4.69, 9.17) is 0 Å². The fourth-order valence-electron chi connectivity index (χ4n) is 5.76. The highest BCUT2D eigenvalue weighted by atomic mass is 14.4. The Balaban J connectivity index is 1.76. The zero-order chi connectivity index (χ0) is 20.1. The lowest BCUT2D eigenvalue weighted by atomic mass is 9.84. The van der Waals surface area contributed by atoms with Gasteiger partial charge in [-0.1, -0.05) is 92.5 Å². The molecule has 0 N–H and O–H groups in total. The van der Waals surface area contributed by atoms with Crippen LogP contribution in [0.5, 0.6) is 0 Å². The zero-order valence-corrected chi connectivity index (χ0v) is 16.5. The first-order valence-corrected chi connectivity index (χ1v) is 10.3. The topological polar surface area (TPSA) is 0 Å². The highest BCUT2D eigenvalue weighted by Gasteiger charge is 2.40. The molecule has 0 amide bonds. The maximum Gasteiger partial charge on any atom is -0.000762 e. The van der Waals surface area contributed by atoms with Crippen LogP contribution in [0.4, 0.5) is 0 Å². The van der Waals surface area contributed by atoms with Crippen LogP contribution in [0, 0.1) is 0 Å². The van der Waals surface area contributed by atoms with Crippen LogP contribution < -0.4 is 0 Å². The molecular formula is C30H18. The van der Waals surface area contributed by atoms with Crippen LogP contribution in [-0.2, 0) is 0 Å². The van der Waals surface area contributed by atoms with Gasteiger partial charge in [0.05, 0.1) is 0 Å². The standard InChI is InChI=1S/C30H18/c1-16-19-10-4-7-13-22(19)28-25(16)29-23-14-8-5-11-20(23)17(2)27(29)30-24-15-9-6-12-21(24)18(3)26(28)30/h4-15H,1-3H2. The normalized spacial score (nSPS) is 14.2. The van der Waals surface area contributed by atoms with E-state index in [0.717, 1.165) is 16.7 Å². The largest absolute Gasteiger partial charge is 0.0905 e. The van der Waals surface area contributed by atoms with Gasteiger partial charge in [0.2, 0.25) is 0 Å². The monoisotopic (exact) mass is 378 g/mol. The molecule has 4 aromatic carbocycles. The van der Waals surface area contributed by atoms with Gasteiger partial charge in [-0.15, -0.1) is 0 Å². The Morgan fingerprint density at radius 1 is 0.300 bits per heavy atom. The van der Waals surface area contributed by atoms with Crippen molar-refractivity contribution in [2.24, 2.45) is 0 Å². The molecule has 3 aliphatic carbocycles. The SMILES string of the molecule is C=C1c2ccccc2-c2c1c1c(c3c2C(=C)c2ccccc2-3)C(=C)c2ccccc2-1. The second-order valence-corrected chi connectivity index (χ2v) is 8.32. The third-order valence-corrected chi connectivity index (χ3v) is 6.97. The average Bonchev–Trinajstić information content (AvgIpc) is 3.36. The predicted molar refractivity (Wildman–Crippen MR) is 127 cm³/mol. The molecule has 30 heavy (non-hydrogen) atoms. The number of hydrogen-bond donors (Lipinski definition) is 0. The van der Waals surface area contributed by atoms with E-state index < -0.39 is 0 Å². The average molecular weight is 378 g/mol. The van der Waals surface area contributed by atoms with E-state index >= 15 is 0 Å². The Morgan fingerprint density at radius 3 is 0.800 bits per heavy atom. The molecule has 0 atom stereocenters. The summed E-state index contributed by atoms with van der Waals surface area (Å²) in [6, 6.07) is 25.9. The molecule has 0 radical (unpaired) electrons. The second kappa shape index (κ2) is 5.17. The Kier molecular flexibility index (Phi) is 2.75. The van der Waals surface area contributed by atoms with Crippen molar-refractivity contribution >= 4 is 16.7 Å². The van der Waals surface area contributed by atoms with Crippen molar-refractivity contribution in [2.45, 2.75) is 0 Å². The highest BCUT2D eigenvalue weighted by Crippen LogP contribution is 2.62. The fourth-order valence-corrected chi connectivity index (χ4v) is 5.76. The van der Waals surface area contributed by atoms with E-state index in [1.807, 2.05) is 0 Å². The molecule has 0 spiro atoms. The van der Waals surface area contributed by atoms with Gasteiger partial charge in [-0.3, -0.25) is 0 Å². The van der Waals surface area contributed by atoms with E-state index in [9.17, 15) is 0 Å². The lowest BCUT2D eigenvalue weighted by molar-refractivity contribution is 1.58. The summed E-state index contributed by atoms with van der Waals surface area (Å²) >= 11 is 0. The van der Waals surface area contributed by atoms with Crippen molar-refractivity contribution in [1.82, 2.24) is 0 Å². The van der Waals surface area contributed by atoms with Crippen molar-refractivity contribution < 1.29 is 0 Å².